The first-order valence-electron chi connectivity index (χ1n) is 9.68. The van der Waals surface area contributed by atoms with E-state index in [9.17, 15) is 9.59 Å². The zero-order valence-corrected chi connectivity index (χ0v) is 17.4. The second-order valence-electron chi connectivity index (χ2n) is 7.36. The highest BCUT2D eigenvalue weighted by Gasteiger charge is 2.27. The van der Waals surface area contributed by atoms with E-state index in [1.807, 2.05) is 22.9 Å². The van der Waals surface area contributed by atoms with Gasteiger partial charge in [-0.15, -0.1) is 0 Å². The van der Waals surface area contributed by atoms with Crippen LogP contribution in [0.15, 0.2) is 24.4 Å². The number of carbonyl (C=O) groups is 2. The normalized spacial score (nSPS) is 15.4. The summed E-state index contributed by atoms with van der Waals surface area (Å²) in [6, 6.07) is 5.56. The number of rotatable bonds is 7. The van der Waals surface area contributed by atoms with Gasteiger partial charge in [-0.1, -0.05) is 0 Å². The smallest absolute Gasteiger partial charge is 0.257 e. The highest BCUT2D eigenvalue weighted by molar-refractivity contribution is 5.95. The number of nitrogens with one attached hydrogen (secondary N) is 1. The van der Waals surface area contributed by atoms with Crippen LogP contribution in [0.4, 0.5) is 0 Å². The Balaban J connectivity index is 1.73. The number of amides is 2. The van der Waals surface area contributed by atoms with E-state index in [0.29, 0.717) is 36.1 Å². The van der Waals surface area contributed by atoms with Gasteiger partial charge in [-0.25, -0.2) is 0 Å². The summed E-state index contributed by atoms with van der Waals surface area (Å²) in [6.45, 7) is 3.30. The highest BCUT2D eigenvalue weighted by Crippen LogP contribution is 2.27. The summed E-state index contributed by atoms with van der Waals surface area (Å²) in [7, 11) is 4.98. The molecule has 0 aliphatic carbocycles. The predicted molar refractivity (Wildman–Crippen MR) is 108 cm³/mol. The summed E-state index contributed by atoms with van der Waals surface area (Å²) in [5, 5.41) is 7.27. The van der Waals surface area contributed by atoms with Gasteiger partial charge >= 0.3 is 0 Å². The average Bonchev–Trinajstić information content (AvgIpc) is 3.15. The summed E-state index contributed by atoms with van der Waals surface area (Å²) in [5.74, 6) is 1.58. The highest BCUT2D eigenvalue weighted by atomic mass is 16.5. The molecule has 1 N–H and O–H groups in total. The molecule has 0 radical (unpaired) electrons. The second kappa shape index (κ2) is 8.98. The molecule has 8 heteroatoms. The van der Waals surface area contributed by atoms with Crippen LogP contribution in [0.1, 0.15) is 35.0 Å². The maximum atomic E-state index is 13.1. The molecule has 2 amide bonds. The summed E-state index contributed by atoms with van der Waals surface area (Å²) < 4.78 is 12.6. The lowest BCUT2D eigenvalue weighted by Crippen LogP contribution is -2.33. The Labute approximate surface area is 170 Å². The van der Waals surface area contributed by atoms with Crippen LogP contribution in [0, 0.1) is 5.92 Å². The molecule has 2 aromatic rings. The van der Waals surface area contributed by atoms with E-state index in [4.69, 9.17) is 9.47 Å². The van der Waals surface area contributed by atoms with Crippen LogP contribution < -0.4 is 14.8 Å². The predicted octanol–water partition coefficient (Wildman–Crippen LogP) is 1.87. The first-order chi connectivity index (χ1) is 13.9. The van der Waals surface area contributed by atoms with Crippen molar-refractivity contribution in [1.29, 1.82) is 0 Å². The number of benzene rings is 1. The Morgan fingerprint density at radius 1 is 1.31 bits per heavy atom. The molecule has 1 aliphatic heterocycles. The van der Waals surface area contributed by atoms with E-state index in [1.54, 1.807) is 32.4 Å². The number of hydrogen-bond acceptors (Lipinski definition) is 5. The number of carbonyl (C=O) groups excluding carboxylic acids is 2. The van der Waals surface area contributed by atoms with Gasteiger partial charge in [0.15, 0.2) is 0 Å². The zero-order valence-electron chi connectivity index (χ0n) is 17.4. The van der Waals surface area contributed by atoms with Gasteiger partial charge in [-0.05, 0) is 30.9 Å². The largest absolute Gasteiger partial charge is 0.497 e. The summed E-state index contributed by atoms with van der Waals surface area (Å²) in [6.07, 6.45) is 3.31. The number of aryl methyl sites for hydroxylation is 1. The monoisotopic (exact) mass is 400 g/mol. The van der Waals surface area contributed by atoms with Gasteiger partial charge in [0.05, 0.1) is 31.7 Å². The lowest BCUT2D eigenvalue weighted by Gasteiger charge is -2.25. The average molecular weight is 400 g/mol. The maximum absolute atomic E-state index is 13.1. The van der Waals surface area contributed by atoms with Crippen LogP contribution in [-0.4, -0.2) is 54.3 Å². The molecule has 1 atom stereocenters. The fraction of sp³-hybridized carbons (Fsp3) is 0.476. The van der Waals surface area contributed by atoms with Crippen molar-refractivity contribution in [3.8, 4) is 11.5 Å². The van der Waals surface area contributed by atoms with Crippen molar-refractivity contribution in [1.82, 2.24) is 20.0 Å². The molecule has 1 aromatic heterocycles. The third-order valence-corrected chi connectivity index (χ3v) is 5.30. The molecule has 0 spiro atoms. The van der Waals surface area contributed by atoms with Crippen molar-refractivity contribution in [3.63, 3.8) is 0 Å². The first-order valence-corrected chi connectivity index (χ1v) is 9.68. The number of hydrogen-bond donors (Lipinski definition) is 1. The van der Waals surface area contributed by atoms with E-state index < -0.39 is 0 Å². The Kier molecular flexibility index (Phi) is 6.41. The van der Waals surface area contributed by atoms with Gasteiger partial charge in [0.1, 0.15) is 11.5 Å². The van der Waals surface area contributed by atoms with Crippen molar-refractivity contribution in [2.45, 2.75) is 32.9 Å². The van der Waals surface area contributed by atoms with Crippen molar-refractivity contribution >= 4 is 11.8 Å². The molecule has 0 saturated heterocycles. The fourth-order valence-corrected chi connectivity index (χ4v) is 3.66. The van der Waals surface area contributed by atoms with E-state index in [1.165, 1.54) is 6.92 Å². The van der Waals surface area contributed by atoms with E-state index in [0.717, 1.165) is 30.6 Å². The van der Waals surface area contributed by atoms with Crippen LogP contribution in [-0.2, 0) is 24.3 Å². The molecular formula is C21H28N4O4. The minimum Gasteiger partial charge on any atom is -0.497 e. The third kappa shape index (κ3) is 4.70. The number of methoxy groups -OCH3 is 2. The van der Waals surface area contributed by atoms with Gasteiger partial charge in [0, 0.05) is 45.2 Å². The second-order valence-corrected chi connectivity index (χ2v) is 7.36. The van der Waals surface area contributed by atoms with Crippen LogP contribution in [0.25, 0.3) is 0 Å². The molecule has 156 valence electrons. The molecule has 0 saturated carbocycles. The molecule has 1 aromatic carbocycles. The van der Waals surface area contributed by atoms with Crippen LogP contribution >= 0.6 is 0 Å². The molecule has 8 nitrogen and oxygen atoms in total. The number of nitrogens with zero attached hydrogens (tertiary/aromatic N) is 3. The van der Waals surface area contributed by atoms with Crippen molar-refractivity contribution in [2.75, 3.05) is 27.8 Å². The van der Waals surface area contributed by atoms with Crippen molar-refractivity contribution < 1.29 is 19.1 Å². The fourth-order valence-electron chi connectivity index (χ4n) is 3.66. The number of ether oxygens (including phenoxy) is 2. The molecule has 2 heterocycles. The summed E-state index contributed by atoms with van der Waals surface area (Å²) in [5.41, 5.74) is 2.45. The Hall–Kier alpha value is -3.03. The SMILES string of the molecule is COc1ccc(CN(C)C(=O)c2cnn3c2C[C@@H](CNC(C)=O)CC3)c(OC)c1. The lowest BCUT2D eigenvalue weighted by atomic mass is 9.94. The molecular weight excluding hydrogens is 372 g/mol. The van der Waals surface area contributed by atoms with Gasteiger partial charge in [0.25, 0.3) is 5.91 Å². The topological polar surface area (TPSA) is 85.7 Å². The molecule has 1 aliphatic rings. The molecule has 3 rings (SSSR count). The Morgan fingerprint density at radius 2 is 2.10 bits per heavy atom. The van der Waals surface area contributed by atoms with Crippen molar-refractivity contribution in [2.24, 2.45) is 5.92 Å². The number of fused-ring (bicyclic) bond motifs is 1. The standard InChI is InChI=1S/C21H28N4O4/c1-14(26)22-11-15-7-8-25-19(9-15)18(12-23-25)21(27)24(2)13-16-5-6-17(28-3)10-20(16)29-4/h5-6,10,12,15H,7-9,11,13H2,1-4H3,(H,22,26)/t15-/m0/s1. The number of aromatic nitrogens is 2. The van der Waals surface area contributed by atoms with Crippen LogP contribution in [0.5, 0.6) is 11.5 Å². The van der Waals surface area contributed by atoms with E-state index >= 15 is 0 Å². The molecule has 0 fully saturated rings. The lowest BCUT2D eigenvalue weighted by molar-refractivity contribution is -0.119. The van der Waals surface area contributed by atoms with Gasteiger partial charge in [-0.2, -0.15) is 5.10 Å². The first kappa shape index (κ1) is 20.7. The zero-order chi connectivity index (χ0) is 21.0. The summed E-state index contributed by atoms with van der Waals surface area (Å²) in [4.78, 5) is 26.0. The third-order valence-electron chi connectivity index (χ3n) is 5.30. The van der Waals surface area contributed by atoms with E-state index in [2.05, 4.69) is 10.4 Å². The Bertz CT molecular complexity index is 893. The van der Waals surface area contributed by atoms with Crippen LogP contribution in [0.3, 0.4) is 0 Å². The van der Waals surface area contributed by atoms with Crippen LogP contribution in [0.2, 0.25) is 0 Å². The Morgan fingerprint density at radius 3 is 2.79 bits per heavy atom. The quantitative estimate of drug-likeness (QED) is 0.767. The molecule has 29 heavy (non-hydrogen) atoms. The molecule has 0 unspecified atom stereocenters. The van der Waals surface area contributed by atoms with Gasteiger partial charge in [-0.3, -0.25) is 14.3 Å². The molecule has 0 bridgehead atoms. The maximum Gasteiger partial charge on any atom is 0.257 e. The minimum absolute atomic E-state index is 0.0337. The summed E-state index contributed by atoms with van der Waals surface area (Å²) >= 11 is 0. The minimum atomic E-state index is -0.0794. The van der Waals surface area contributed by atoms with E-state index in [-0.39, 0.29) is 11.8 Å². The van der Waals surface area contributed by atoms with Gasteiger partial charge in [0.2, 0.25) is 5.91 Å². The van der Waals surface area contributed by atoms with Gasteiger partial charge < -0.3 is 19.7 Å². The van der Waals surface area contributed by atoms with Crippen molar-refractivity contribution in [3.05, 3.63) is 41.2 Å².